The molecule has 1 unspecified atom stereocenters. The number of para-hydroxylation sites is 1. The van der Waals surface area contributed by atoms with Crippen molar-refractivity contribution in [1.82, 2.24) is 5.32 Å². The van der Waals surface area contributed by atoms with Crippen LogP contribution in [0.5, 0.6) is 0 Å². The Kier molecular flexibility index (Phi) is 10.9. The zero-order valence-electron chi connectivity index (χ0n) is 25.3. The van der Waals surface area contributed by atoms with Gasteiger partial charge in [-0.15, -0.1) is 11.8 Å². The highest BCUT2D eigenvalue weighted by atomic mass is 79.9. The van der Waals surface area contributed by atoms with Gasteiger partial charge in [0, 0.05) is 26.3 Å². The van der Waals surface area contributed by atoms with Gasteiger partial charge in [0.25, 0.3) is 11.8 Å². The van der Waals surface area contributed by atoms with Crippen LogP contribution in [0.15, 0.2) is 142 Å². The van der Waals surface area contributed by atoms with Gasteiger partial charge in [0.2, 0.25) is 5.91 Å². The second kappa shape index (κ2) is 15.4. The van der Waals surface area contributed by atoms with Gasteiger partial charge >= 0.3 is 0 Å². The van der Waals surface area contributed by atoms with E-state index in [1.54, 1.807) is 42.5 Å². The third kappa shape index (κ3) is 8.62. The summed E-state index contributed by atoms with van der Waals surface area (Å²) >= 11 is 4.85. The summed E-state index contributed by atoms with van der Waals surface area (Å²) in [6.45, 7) is 3.96. The molecular weight excluding hydrogens is 658 g/mol. The summed E-state index contributed by atoms with van der Waals surface area (Å²) in [6.07, 6.45) is 1.63. The van der Waals surface area contributed by atoms with E-state index in [4.69, 9.17) is 0 Å². The lowest BCUT2D eigenvalue weighted by Gasteiger charge is -2.19. The van der Waals surface area contributed by atoms with Crippen LogP contribution in [0.25, 0.3) is 6.08 Å². The van der Waals surface area contributed by atoms with Crippen molar-refractivity contribution in [2.45, 2.75) is 24.0 Å². The van der Waals surface area contributed by atoms with Crippen LogP contribution in [0.4, 0.5) is 11.4 Å². The molecule has 3 N–H and O–H groups in total. The van der Waals surface area contributed by atoms with E-state index in [1.165, 1.54) is 11.8 Å². The number of thioether (sulfide) groups is 1. The third-order valence-corrected chi connectivity index (χ3v) is 8.94. The van der Waals surface area contributed by atoms with Crippen LogP contribution in [0.3, 0.4) is 0 Å². The minimum absolute atomic E-state index is 0.0990. The van der Waals surface area contributed by atoms with E-state index in [2.05, 4.69) is 31.9 Å². The number of hydrogen-bond donors (Lipinski definition) is 3. The second-order valence-electron chi connectivity index (χ2n) is 10.6. The van der Waals surface area contributed by atoms with Crippen LogP contribution in [-0.2, 0) is 9.59 Å². The number of benzene rings is 5. The van der Waals surface area contributed by atoms with Crippen molar-refractivity contribution >= 4 is 62.9 Å². The van der Waals surface area contributed by atoms with Gasteiger partial charge in [0.1, 0.15) is 10.9 Å². The van der Waals surface area contributed by atoms with Crippen molar-refractivity contribution < 1.29 is 14.4 Å². The summed E-state index contributed by atoms with van der Waals surface area (Å²) < 4.78 is 0.902. The molecule has 0 aliphatic carbocycles. The first-order chi connectivity index (χ1) is 22.3. The number of carbonyl (C=O) groups is 3. The second-order valence-corrected chi connectivity index (χ2v) is 12.7. The molecule has 0 spiro atoms. The highest BCUT2D eigenvalue weighted by Crippen LogP contribution is 2.37. The Bertz CT molecular complexity index is 1840. The predicted octanol–water partition coefficient (Wildman–Crippen LogP) is 8.95. The largest absolute Gasteiger partial charge is 0.324 e. The molecule has 6 nitrogen and oxygen atoms in total. The molecule has 1 atom stereocenters. The number of amides is 3. The van der Waals surface area contributed by atoms with E-state index in [-0.39, 0.29) is 11.6 Å². The first-order valence-electron chi connectivity index (χ1n) is 14.6. The predicted molar refractivity (Wildman–Crippen MR) is 191 cm³/mol. The van der Waals surface area contributed by atoms with Crippen molar-refractivity contribution in [2.75, 3.05) is 10.6 Å². The quantitative estimate of drug-likeness (QED) is 0.101. The molecule has 0 aromatic heterocycles. The zero-order chi connectivity index (χ0) is 32.5. The molecule has 0 heterocycles. The molecule has 0 radical (unpaired) electrons. The van der Waals surface area contributed by atoms with Gasteiger partial charge in [-0.3, -0.25) is 14.4 Å². The Morgan fingerprint density at radius 1 is 0.696 bits per heavy atom. The minimum atomic E-state index is -0.505. The summed E-state index contributed by atoms with van der Waals surface area (Å²) in [5.41, 5.74) is 5.53. The Morgan fingerprint density at radius 2 is 1.30 bits per heavy atom. The van der Waals surface area contributed by atoms with Gasteiger partial charge in [-0.1, -0.05) is 94.8 Å². The standard InChI is InChI=1S/C38H32BrN3O3S/c1-25-10-9-11-26(2)34(25)42-38(45)35(28-12-5-3-6-13-28)46-32-22-20-31(21-23-32)40-37(44)33(24-27-16-18-30(39)19-17-27)41-36(43)29-14-7-4-8-15-29/h3-24,35H,1-2H3,(H,40,44)(H,41,43)(H,42,45)/b33-24-. The third-order valence-electron chi connectivity index (χ3n) is 7.15. The van der Waals surface area contributed by atoms with Gasteiger partial charge in [-0.25, -0.2) is 0 Å². The molecule has 3 amide bonds. The molecule has 0 bridgehead atoms. The van der Waals surface area contributed by atoms with E-state index in [0.717, 1.165) is 37.3 Å². The highest BCUT2D eigenvalue weighted by molar-refractivity contribution is 9.10. The van der Waals surface area contributed by atoms with Gasteiger partial charge in [0.05, 0.1) is 0 Å². The molecule has 5 rings (SSSR count). The summed E-state index contributed by atoms with van der Waals surface area (Å²) in [5.74, 6) is -0.984. The lowest BCUT2D eigenvalue weighted by molar-refractivity contribution is -0.116. The summed E-state index contributed by atoms with van der Waals surface area (Å²) in [7, 11) is 0. The van der Waals surface area contributed by atoms with E-state index >= 15 is 0 Å². The maximum absolute atomic E-state index is 13.6. The maximum atomic E-state index is 13.6. The number of rotatable bonds is 10. The van der Waals surface area contributed by atoms with E-state index < -0.39 is 17.1 Å². The normalized spacial score (nSPS) is 11.8. The Balaban J connectivity index is 1.33. The van der Waals surface area contributed by atoms with Crippen molar-refractivity contribution in [3.8, 4) is 0 Å². The van der Waals surface area contributed by atoms with E-state index in [0.29, 0.717) is 11.3 Å². The van der Waals surface area contributed by atoms with Gasteiger partial charge in [-0.05, 0) is 90.7 Å². The molecule has 0 aliphatic heterocycles. The fourth-order valence-electron chi connectivity index (χ4n) is 4.72. The average Bonchev–Trinajstić information content (AvgIpc) is 3.07. The number of carbonyl (C=O) groups excluding carboxylic acids is 3. The fraction of sp³-hybridized carbons (Fsp3) is 0.0789. The van der Waals surface area contributed by atoms with Crippen LogP contribution in [-0.4, -0.2) is 17.7 Å². The summed E-state index contributed by atoms with van der Waals surface area (Å²) in [5, 5.41) is 8.29. The number of anilines is 2. The van der Waals surface area contributed by atoms with Crippen molar-refractivity contribution in [3.63, 3.8) is 0 Å². The lowest BCUT2D eigenvalue weighted by Crippen LogP contribution is -2.30. The minimum Gasteiger partial charge on any atom is -0.324 e. The van der Waals surface area contributed by atoms with Crippen LogP contribution in [0, 0.1) is 13.8 Å². The van der Waals surface area contributed by atoms with Crippen LogP contribution in [0.2, 0.25) is 0 Å². The monoisotopic (exact) mass is 689 g/mol. The first-order valence-corrected chi connectivity index (χ1v) is 16.3. The van der Waals surface area contributed by atoms with Crippen LogP contribution >= 0.6 is 27.7 Å². The SMILES string of the molecule is Cc1cccc(C)c1NC(=O)C(Sc1ccc(NC(=O)/C(=C/c2ccc(Br)cc2)NC(=O)c2ccccc2)cc1)c1ccccc1. The van der Waals surface area contributed by atoms with Gasteiger partial charge in [-0.2, -0.15) is 0 Å². The van der Waals surface area contributed by atoms with Crippen molar-refractivity contribution in [3.05, 3.63) is 165 Å². The fourth-order valence-corrected chi connectivity index (χ4v) is 6.01. The molecular formula is C38H32BrN3O3S. The smallest absolute Gasteiger partial charge is 0.272 e. The highest BCUT2D eigenvalue weighted by Gasteiger charge is 2.23. The molecule has 0 aliphatic rings. The molecule has 5 aromatic rings. The molecule has 5 aromatic carbocycles. The number of nitrogens with one attached hydrogen (secondary N) is 3. The topological polar surface area (TPSA) is 87.3 Å². The first kappa shape index (κ1) is 32.5. The number of hydrogen-bond acceptors (Lipinski definition) is 4. The van der Waals surface area contributed by atoms with Crippen molar-refractivity contribution in [2.24, 2.45) is 0 Å². The van der Waals surface area contributed by atoms with E-state index in [9.17, 15) is 14.4 Å². The molecule has 8 heteroatoms. The zero-order valence-corrected chi connectivity index (χ0v) is 27.7. The Hall–Kier alpha value is -4.92. The lowest BCUT2D eigenvalue weighted by atomic mass is 10.1. The molecule has 46 heavy (non-hydrogen) atoms. The number of aryl methyl sites for hydroxylation is 2. The maximum Gasteiger partial charge on any atom is 0.272 e. The molecule has 0 saturated heterocycles. The molecule has 0 fully saturated rings. The van der Waals surface area contributed by atoms with Crippen LogP contribution < -0.4 is 16.0 Å². The molecule has 0 saturated carbocycles. The average molecular weight is 691 g/mol. The van der Waals surface area contributed by atoms with Gasteiger partial charge in [0.15, 0.2) is 0 Å². The van der Waals surface area contributed by atoms with E-state index in [1.807, 2.05) is 105 Å². The molecule has 230 valence electrons. The summed E-state index contributed by atoms with van der Waals surface area (Å²) in [4.78, 5) is 40.9. The number of halogens is 1. The summed E-state index contributed by atoms with van der Waals surface area (Å²) in [6, 6.07) is 39.0. The van der Waals surface area contributed by atoms with Gasteiger partial charge < -0.3 is 16.0 Å². The Morgan fingerprint density at radius 3 is 1.93 bits per heavy atom. The Labute approximate surface area is 281 Å². The van der Waals surface area contributed by atoms with Crippen molar-refractivity contribution in [1.29, 1.82) is 0 Å². The van der Waals surface area contributed by atoms with Crippen LogP contribution in [0.1, 0.15) is 37.9 Å².